The first kappa shape index (κ1) is 23.6. The quantitative estimate of drug-likeness (QED) is 0.395. The Labute approximate surface area is 191 Å². The standard InChI is InChI=1S/C29H43N2/c1-9-11-13-26-27(14-12-10-2)31(29-24(7)17-21(4)18-25(29)8)19-30(26)28-22(5)15-20(3)16-23(28)6/h15-19,26-27H,9-14H2,1-8H3/q+1/t26-,27-/m1/s1. The highest BCUT2D eigenvalue weighted by molar-refractivity contribution is 5.83. The molecule has 0 aliphatic carbocycles. The molecule has 0 N–H and O–H groups in total. The Morgan fingerprint density at radius 1 is 0.710 bits per heavy atom. The summed E-state index contributed by atoms with van der Waals surface area (Å²) in [5, 5.41) is 0. The Kier molecular flexibility index (Phi) is 7.62. The molecule has 3 rings (SSSR count). The van der Waals surface area contributed by atoms with Crippen LogP contribution in [0.2, 0.25) is 0 Å². The van der Waals surface area contributed by atoms with E-state index in [0.717, 1.165) is 0 Å². The number of aryl methyl sites for hydroxylation is 6. The van der Waals surface area contributed by atoms with Crippen LogP contribution in [0.1, 0.15) is 85.8 Å². The number of hydrogen-bond donors (Lipinski definition) is 0. The largest absolute Gasteiger partial charge is 0.245 e. The van der Waals surface area contributed by atoms with Crippen molar-refractivity contribution in [1.29, 1.82) is 0 Å². The maximum atomic E-state index is 2.64. The maximum Gasteiger partial charge on any atom is 0.245 e. The van der Waals surface area contributed by atoms with Crippen LogP contribution in [-0.4, -0.2) is 23.0 Å². The minimum Gasteiger partial charge on any atom is -0.226 e. The predicted octanol–water partition coefficient (Wildman–Crippen LogP) is 7.85. The van der Waals surface area contributed by atoms with Crippen molar-refractivity contribution >= 4 is 17.7 Å². The van der Waals surface area contributed by atoms with Gasteiger partial charge in [0.1, 0.15) is 23.5 Å². The fraction of sp³-hybridized carbons (Fsp3) is 0.552. The first-order valence-electron chi connectivity index (χ1n) is 12.4. The van der Waals surface area contributed by atoms with E-state index in [1.165, 1.54) is 83.3 Å². The monoisotopic (exact) mass is 419 g/mol. The number of hydrogen-bond acceptors (Lipinski definition) is 1. The summed E-state index contributed by atoms with van der Waals surface area (Å²) in [6.07, 6.45) is 10.0. The molecule has 168 valence electrons. The lowest BCUT2D eigenvalue weighted by Crippen LogP contribution is -2.39. The molecule has 31 heavy (non-hydrogen) atoms. The van der Waals surface area contributed by atoms with Crippen LogP contribution in [0.15, 0.2) is 24.3 Å². The average Bonchev–Trinajstić information content (AvgIpc) is 3.00. The van der Waals surface area contributed by atoms with Gasteiger partial charge in [0.25, 0.3) is 0 Å². The Bertz CT molecular complexity index is 907. The molecule has 1 aliphatic heterocycles. The van der Waals surface area contributed by atoms with Crippen molar-refractivity contribution in [3.05, 3.63) is 57.6 Å². The van der Waals surface area contributed by atoms with Crippen molar-refractivity contribution in [3.63, 3.8) is 0 Å². The topological polar surface area (TPSA) is 6.25 Å². The average molecular weight is 420 g/mol. The molecule has 2 nitrogen and oxygen atoms in total. The molecular weight excluding hydrogens is 376 g/mol. The minimum absolute atomic E-state index is 0.520. The highest BCUT2D eigenvalue weighted by atomic mass is 15.3. The molecular formula is C29H43N2+. The zero-order valence-corrected chi connectivity index (χ0v) is 21.2. The van der Waals surface area contributed by atoms with Crippen molar-refractivity contribution in [2.75, 3.05) is 4.90 Å². The fourth-order valence-electron chi connectivity index (χ4n) is 5.77. The van der Waals surface area contributed by atoms with Crippen LogP contribution in [0.4, 0.5) is 11.4 Å². The van der Waals surface area contributed by atoms with E-state index in [1.807, 2.05) is 0 Å². The zero-order valence-electron chi connectivity index (χ0n) is 21.2. The Morgan fingerprint density at radius 2 is 1.19 bits per heavy atom. The molecule has 0 bridgehead atoms. The third-order valence-corrected chi connectivity index (χ3v) is 6.90. The molecule has 0 spiro atoms. The molecule has 0 saturated heterocycles. The second-order valence-electron chi connectivity index (χ2n) is 9.84. The molecule has 0 aromatic heterocycles. The summed E-state index contributed by atoms with van der Waals surface area (Å²) >= 11 is 0. The Balaban J connectivity index is 2.19. The van der Waals surface area contributed by atoms with Gasteiger partial charge in [-0.2, -0.15) is 0 Å². The van der Waals surface area contributed by atoms with Crippen molar-refractivity contribution in [3.8, 4) is 0 Å². The summed E-state index contributed by atoms with van der Waals surface area (Å²) in [6, 6.07) is 10.4. The van der Waals surface area contributed by atoms with E-state index < -0.39 is 0 Å². The zero-order chi connectivity index (χ0) is 22.7. The maximum absolute atomic E-state index is 2.64. The van der Waals surface area contributed by atoms with Gasteiger partial charge in [0.2, 0.25) is 6.34 Å². The number of anilines is 1. The smallest absolute Gasteiger partial charge is 0.226 e. The van der Waals surface area contributed by atoms with E-state index in [9.17, 15) is 0 Å². The minimum atomic E-state index is 0.520. The lowest BCUT2D eigenvalue weighted by Gasteiger charge is -2.26. The van der Waals surface area contributed by atoms with Gasteiger partial charge in [-0.1, -0.05) is 62.1 Å². The molecule has 0 amide bonds. The van der Waals surface area contributed by atoms with Crippen LogP contribution in [0.25, 0.3) is 0 Å². The van der Waals surface area contributed by atoms with Gasteiger partial charge >= 0.3 is 0 Å². The van der Waals surface area contributed by atoms with E-state index in [1.54, 1.807) is 0 Å². The molecule has 0 saturated carbocycles. The molecule has 0 unspecified atom stereocenters. The third kappa shape index (κ3) is 4.89. The summed E-state index contributed by atoms with van der Waals surface area (Å²) < 4.78 is 2.64. The van der Waals surface area contributed by atoms with Crippen molar-refractivity contribution in [1.82, 2.24) is 0 Å². The summed E-state index contributed by atoms with van der Waals surface area (Å²) in [6.45, 7) is 18.2. The van der Waals surface area contributed by atoms with Crippen LogP contribution in [0.5, 0.6) is 0 Å². The van der Waals surface area contributed by atoms with Crippen LogP contribution in [0.3, 0.4) is 0 Å². The molecule has 2 aromatic carbocycles. The van der Waals surface area contributed by atoms with E-state index in [0.29, 0.717) is 12.1 Å². The lowest BCUT2D eigenvalue weighted by atomic mass is 9.94. The number of benzene rings is 2. The normalized spacial score (nSPS) is 18.6. The van der Waals surface area contributed by atoms with E-state index in [2.05, 4.69) is 95.5 Å². The van der Waals surface area contributed by atoms with Crippen LogP contribution < -0.4 is 4.90 Å². The highest BCUT2D eigenvalue weighted by Crippen LogP contribution is 2.38. The van der Waals surface area contributed by atoms with Crippen LogP contribution in [0, 0.1) is 41.5 Å². The number of rotatable bonds is 8. The Hall–Kier alpha value is -2.09. The molecule has 2 atom stereocenters. The van der Waals surface area contributed by atoms with Crippen LogP contribution in [-0.2, 0) is 0 Å². The molecule has 1 aliphatic rings. The third-order valence-electron chi connectivity index (χ3n) is 6.90. The molecule has 2 aromatic rings. The first-order valence-corrected chi connectivity index (χ1v) is 12.4. The lowest BCUT2D eigenvalue weighted by molar-refractivity contribution is -0.476. The fourth-order valence-corrected chi connectivity index (χ4v) is 5.77. The van der Waals surface area contributed by atoms with Gasteiger partial charge in [-0.3, -0.25) is 0 Å². The van der Waals surface area contributed by atoms with E-state index in [4.69, 9.17) is 0 Å². The van der Waals surface area contributed by atoms with Gasteiger partial charge in [0.15, 0.2) is 0 Å². The summed E-state index contributed by atoms with van der Waals surface area (Å²) in [5.41, 5.74) is 11.1. The summed E-state index contributed by atoms with van der Waals surface area (Å²) in [5.74, 6) is 0. The van der Waals surface area contributed by atoms with Crippen molar-refractivity contribution in [2.45, 2.75) is 106 Å². The van der Waals surface area contributed by atoms with Gasteiger partial charge < -0.3 is 0 Å². The second-order valence-corrected chi connectivity index (χ2v) is 9.84. The number of nitrogens with zero attached hydrogens (tertiary/aromatic N) is 2. The number of unbranched alkanes of at least 4 members (excludes halogenated alkanes) is 2. The van der Waals surface area contributed by atoms with E-state index in [-0.39, 0.29) is 0 Å². The second kappa shape index (κ2) is 10.0. The van der Waals surface area contributed by atoms with Gasteiger partial charge in [0.05, 0.1) is 0 Å². The molecule has 0 radical (unpaired) electrons. The molecule has 0 fully saturated rings. The molecule has 1 heterocycles. The summed E-state index contributed by atoms with van der Waals surface area (Å²) in [4.78, 5) is 2.64. The van der Waals surface area contributed by atoms with Gasteiger partial charge in [-0.25, -0.2) is 9.48 Å². The van der Waals surface area contributed by atoms with Crippen molar-refractivity contribution < 1.29 is 4.58 Å². The first-order chi connectivity index (χ1) is 14.8. The Morgan fingerprint density at radius 3 is 1.71 bits per heavy atom. The molecule has 2 heteroatoms. The van der Waals surface area contributed by atoms with Gasteiger partial charge in [0, 0.05) is 0 Å². The van der Waals surface area contributed by atoms with Crippen LogP contribution >= 0.6 is 0 Å². The van der Waals surface area contributed by atoms with Gasteiger partial charge in [-0.05, 0) is 89.5 Å². The SMILES string of the molecule is CCCC[C@@H]1[C@@H](CCCC)[N+](c2c(C)cc(C)cc2C)=CN1c1c(C)cc(C)cc1C. The van der Waals surface area contributed by atoms with Crippen molar-refractivity contribution in [2.24, 2.45) is 0 Å². The van der Waals surface area contributed by atoms with E-state index >= 15 is 0 Å². The predicted molar refractivity (Wildman–Crippen MR) is 136 cm³/mol. The highest BCUT2D eigenvalue weighted by Gasteiger charge is 2.44. The summed E-state index contributed by atoms with van der Waals surface area (Å²) in [7, 11) is 0. The van der Waals surface area contributed by atoms with Gasteiger partial charge in [-0.15, -0.1) is 0 Å².